The number of nitrogens with zero attached hydrogens (tertiary/aromatic N) is 1. The lowest BCUT2D eigenvalue weighted by Gasteiger charge is -2.36. The van der Waals surface area contributed by atoms with Gasteiger partial charge in [-0.05, 0) is 37.9 Å². The van der Waals surface area contributed by atoms with Gasteiger partial charge in [-0.3, -0.25) is 4.90 Å². The van der Waals surface area contributed by atoms with Crippen LogP contribution in [0.15, 0.2) is 30.3 Å². The summed E-state index contributed by atoms with van der Waals surface area (Å²) in [6.45, 7) is 2.02. The highest BCUT2D eigenvalue weighted by atomic mass is 16.3. The fourth-order valence-corrected chi connectivity index (χ4v) is 3.16. The van der Waals surface area contributed by atoms with E-state index < -0.39 is 0 Å². The molecule has 1 aliphatic rings. The first-order valence-corrected chi connectivity index (χ1v) is 7.48. The Kier molecular flexibility index (Phi) is 5.83. The van der Waals surface area contributed by atoms with Crippen LogP contribution in [0, 0.1) is 0 Å². The molecule has 2 unspecified atom stereocenters. The minimum absolute atomic E-state index is 0.258. The Morgan fingerprint density at radius 2 is 2.00 bits per heavy atom. The van der Waals surface area contributed by atoms with Crippen molar-refractivity contribution in [3.8, 4) is 0 Å². The van der Waals surface area contributed by atoms with E-state index in [9.17, 15) is 5.11 Å². The topological polar surface area (TPSA) is 49.5 Å². The molecule has 2 atom stereocenters. The summed E-state index contributed by atoms with van der Waals surface area (Å²) in [5, 5.41) is 9.68. The minimum atomic E-state index is 0.258. The molecule has 0 amide bonds. The molecule has 0 radical (unpaired) electrons. The van der Waals surface area contributed by atoms with Crippen molar-refractivity contribution in [3.63, 3.8) is 0 Å². The van der Waals surface area contributed by atoms with Crippen molar-refractivity contribution in [3.05, 3.63) is 35.9 Å². The molecular formula is C16H26N2O. The largest absolute Gasteiger partial charge is 0.395 e. The van der Waals surface area contributed by atoms with E-state index in [0.717, 1.165) is 19.4 Å². The average Bonchev–Trinajstić information content (AvgIpc) is 2.70. The molecule has 1 fully saturated rings. The standard InChI is InChI=1S/C16H26N2O/c17-11-10-16(14-7-3-1-4-8-14)18-12-6-2-5-9-15(18)13-19/h1,3-4,7-8,15-16,19H,2,5-6,9-13,17H2. The van der Waals surface area contributed by atoms with Crippen LogP contribution in [-0.2, 0) is 0 Å². The molecular weight excluding hydrogens is 236 g/mol. The van der Waals surface area contributed by atoms with Gasteiger partial charge < -0.3 is 10.8 Å². The molecule has 0 spiro atoms. The van der Waals surface area contributed by atoms with Crippen LogP contribution in [0.25, 0.3) is 0 Å². The van der Waals surface area contributed by atoms with Gasteiger partial charge in [0.25, 0.3) is 0 Å². The summed E-state index contributed by atoms with van der Waals surface area (Å²) in [5.74, 6) is 0. The number of aliphatic hydroxyl groups excluding tert-OH is 1. The van der Waals surface area contributed by atoms with Crippen molar-refractivity contribution in [1.82, 2.24) is 4.90 Å². The van der Waals surface area contributed by atoms with Crippen LogP contribution < -0.4 is 5.73 Å². The fraction of sp³-hybridized carbons (Fsp3) is 0.625. The van der Waals surface area contributed by atoms with Crippen molar-refractivity contribution in [2.24, 2.45) is 5.73 Å². The maximum atomic E-state index is 9.68. The van der Waals surface area contributed by atoms with E-state index in [-0.39, 0.29) is 6.61 Å². The van der Waals surface area contributed by atoms with Gasteiger partial charge in [-0.2, -0.15) is 0 Å². The summed E-state index contributed by atoms with van der Waals surface area (Å²) in [4.78, 5) is 2.48. The van der Waals surface area contributed by atoms with Crippen LogP contribution in [-0.4, -0.2) is 35.7 Å². The first-order chi connectivity index (χ1) is 9.36. The van der Waals surface area contributed by atoms with Crippen LogP contribution >= 0.6 is 0 Å². The molecule has 3 N–H and O–H groups in total. The molecule has 19 heavy (non-hydrogen) atoms. The van der Waals surface area contributed by atoms with Crippen LogP contribution in [0.3, 0.4) is 0 Å². The van der Waals surface area contributed by atoms with Gasteiger partial charge in [-0.25, -0.2) is 0 Å². The summed E-state index contributed by atoms with van der Waals surface area (Å²) in [7, 11) is 0. The van der Waals surface area contributed by atoms with E-state index in [0.29, 0.717) is 18.6 Å². The van der Waals surface area contributed by atoms with Crippen molar-refractivity contribution >= 4 is 0 Å². The number of aliphatic hydroxyl groups is 1. The molecule has 0 aliphatic carbocycles. The third-order valence-electron chi connectivity index (χ3n) is 4.16. The molecule has 0 saturated carbocycles. The molecule has 3 heteroatoms. The molecule has 3 nitrogen and oxygen atoms in total. The quantitative estimate of drug-likeness (QED) is 0.856. The maximum Gasteiger partial charge on any atom is 0.0587 e. The molecule has 0 aromatic heterocycles. The van der Waals surface area contributed by atoms with Gasteiger partial charge in [-0.1, -0.05) is 43.2 Å². The zero-order chi connectivity index (χ0) is 13.5. The van der Waals surface area contributed by atoms with Crippen LogP contribution in [0.5, 0.6) is 0 Å². The van der Waals surface area contributed by atoms with E-state index in [1.54, 1.807) is 0 Å². The minimum Gasteiger partial charge on any atom is -0.395 e. The Bertz CT molecular complexity index is 355. The first kappa shape index (κ1) is 14.5. The van der Waals surface area contributed by atoms with Gasteiger partial charge in [0.15, 0.2) is 0 Å². The Morgan fingerprint density at radius 3 is 2.68 bits per heavy atom. The number of rotatable bonds is 5. The Balaban J connectivity index is 2.20. The van der Waals surface area contributed by atoms with Gasteiger partial charge in [0.1, 0.15) is 0 Å². The second kappa shape index (κ2) is 7.63. The summed E-state index contributed by atoms with van der Waals surface area (Å²) in [6.07, 6.45) is 5.79. The molecule has 0 bridgehead atoms. The highest BCUT2D eigenvalue weighted by Gasteiger charge is 2.27. The van der Waals surface area contributed by atoms with Crippen LogP contribution in [0.1, 0.15) is 43.7 Å². The van der Waals surface area contributed by atoms with Gasteiger partial charge in [0.05, 0.1) is 6.61 Å². The summed E-state index contributed by atoms with van der Waals surface area (Å²) >= 11 is 0. The maximum absolute atomic E-state index is 9.68. The highest BCUT2D eigenvalue weighted by Crippen LogP contribution is 2.30. The SMILES string of the molecule is NCCC(c1ccccc1)N1CCCCCC1CO. The van der Waals surface area contributed by atoms with Gasteiger partial charge in [-0.15, -0.1) is 0 Å². The lowest BCUT2D eigenvalue weighted by molar-refractivity contribution is 0.0809. The summed E-state index contributed by atoms with van der Waals surface area (Å²) < 4.78 is 0. The third-order valence-corrected chi connectivity index (χ3v) is 4.16. The lowest BCUT2D eigenvalue weighted by Crippen LogP contribution is -2.41. The molecule has 106 valence electrons. The average molecular weight is 262 g/mol. The number of likely N-dealkylation sites (tertiary alicyclic amines) is 1. The molecule has 1 aliphatic heterocycles. The number of hydrogen-bond acceptors (Lipinski definition) is 3. The monoisotopic (exact) mass is 262 g/mol. The third kappa shape index (κ3) is 3.78. The molecule has 1 aromatic carbocycles. The van der Waals surface area contributed by atoms with Crippen molar-refractivity contribution in [2.45, 2.75) is 44.2 Å². The van der Waals surface area contributed by atoms with Gasteiger partial charge in [0.2, 0.25) is 0 Å². The van der Waals surface area contributed by atoms with E-state index in [1.807, 2.05) is 0 Å². The Labute approximate surface area is 116 Å². The Hall–Kier alpha value is -0.900. The van der Waals surface area contributed by atoms with Gasteiger partial charge >= 0.3 is 0 Å². The second-order valence-corrected chi connectivity index (χ2v) is 5.43. The predicted molar refractivity (Wildman–Crippen MR) is 78.9 cm³/mol. The molecule has 2 rings (SSSR count). The number of nitrogens with two attached hydrogens (primary N) is 1. The van der Waals surface area contributed by atoms with Gasteiger partial charge in [0, 0.05) is 12.1 Å². The molecule has 1 aromatic rings. The summed E-state index contributed by atoms with van der Waals surface area (Å²) in [6, 6.07) is 11.2. The van der Waals surface area contributed by atoms with Crippen LogP contribution in [0.2, 0.25) is 0 Å². The zero-order valence-electron chi connectivity index (χ0n) is 11.7. The number of benzene rings is 1. The van der Waals surface area contributed by atoms with E-state index in [4.69, 9.17) is 5.73 Å². The smallest absolute Gasteiger partial charge is 0.0587 e. The Morgan fingerprint density at radius 1 is 1.21 bits per heavy atom. The second-order valence-electron chi connectivity index (χ2n) is 5.43. The van der Waals surface area contributed by atoms with E-state index >= 15 is 0 Å². The highest BCUT2D eigenvalue weighted by molar-refractivity contribution is 5.19. The predicted octanol–water partition coefficient (Wildman–Crippen LogP) is 2.31. The van der Waals surface area contributed by atoms with Crippen LogP contribution in [0.4, 0.5) is 0 Å². The molecule has 1 heterocycles. The number of hydrogen-bond donors (Lipinski definition) is 2. The fourth-order valence-electron chi connectivity index (χ4n) is 3.16. The van der Waals surface area contributed by atoms with Crippen molar-refractivity contribution < 1.29 is 5.11 Å². The summed E-state index contributed by atoms with van der Waals surface area (Å²) in [5.41, 5.74) is 7.14. The zero-order valence-corrected chi connectivity index (χ0v) is 11.7. The normalized spacial score (nSPS) is 22.9. The van der Waals surface area contributed by atoms with E-state index in [1.165, 1.54) is 24.8 Å². The molecule has 1 saturated heterocycles. The first-order valence-electron chi connectivity index (χ1n) is 7.48. The lowest BCUT2D eigenvalue weighted by atomic mass is 9.99. The van der Waals surface area contributed by atoms with Crippen molar-refractivity contribution in [1.29, 1.82) is 0 Å². The van der Waals surface area contributed by atoms with E-state index in [2.05, 4.69) is 35.2 Å². The van der Waals surface area contributed by atoms with Crippen molar-refractivity contribution in [2.75, 3.05) is 19.7 Å².